The quantitative estimate of drug-likeness (QED) is 0.851. The Kier molecular flexibility index (Phi) is 3.87. The van der Waals surface area contributed by atoms with Crippen LogP contribution in [0.2, 0.25) is 0 Å². The highest BCUT2D eigenvalue weighted by Gasteiger charge is 2.59. The number of amides is 2. The second-order valence-corrected chi connectivity index (χ2v) is 5.72. The third-order valence-electron chi connectivity index (χ3n) is 4.18. The number of nitrogens with one attached hydrogen (secondary N) is 1. The molecule has 8 heteroatoms. The van der Waals surface area contributed by atoms with Crippen LogP contribution in [0.15, 0.2) is 23.2 Å². The molecule has 2 amide bonds. The minimum Gasteiger partial charge on any atom is -0.356 e. The summed E-state index contributed by atoms with van der Waals surface area (Å²) < 4.78 is 60.2. The van der Waals surface area contributed by atoms with Crippen LogP contribution < -0.4 is 5.32 Å². The first-order chi connectivity index (χ1) is 10.8. The van der Waals surface area contributed by atoms with Crippen molar-refractivity contribution in [2.75, 3.05) is 11.9 Å². The first-order valence-electron chi connectivity index (χ1n) is 7.19. The lowest BCUT2D eigenvalue weighted by Gasteiger charge is -2.36. The lowest BCUT2D eigenvalue weighted by atomic mass is 9.85. The van der Waals surface area contributed by atoms with Crippen LogP contribution in [-0.4, -0.2) is 25.0 Å². The van der Waals surface area contributed by atoms with Gasteiger partial charge in [0.2, 0.25) is 5.60 Å². The van der Waals surface area contributed by atoms with E-state index in [1.807, 2.05) is 0 Å². The Bertz CT molecular complexity index is 655. The minimum absolute atomic E-state index is 0.0338. The molecule has 1 fully saturated rings. The van der Waals surface area contributed by atoms with Crippen molar-refractivity contribution < 1.29 is 27.1 Å². The van der Waals surface area contributed by atoms with E-state index in [0.717, 1.165) is 37.5 Å². The van der Waals surface area contributed by atoms with Crippen molar-refractivity contribution in [1.82, 2.24) is 0 Å². The summed E-state index contributed by atoms with van der Waals surface area (Å²) in [5.41, 5.74) is -3.61. The summed E-state index contributed by atoms with van der Waals surface area (Å²) in [5.74, 6) is -0.819. The van der Waals surface area contributed by atoms with Gasteiger partial charge in [0.15, 0.2) is 0 Å². The Balaban J connectivity index is 2.10. The maximum absolute atomic E-state index is 13.8. The van der Waals surface area contributed by atoms with Crippen LogP contribution in [0.25, 0.3) is 0 Å². The summed E-state index contributed by atoms with van der Waals surface area (Å²) in [7, 11) is 0. The zero-order chi connectivity index (χ0) is 16.7. The molecular formula is C15H14F4N2O2. The van der Waals surface area contributed by atoms with Crippen molar-refractivity contribution in [3.05, 3.63) is 29.6 Å². The van der Waals surface area contributed by atoms with Gasteiger partial charge < -0.3 is 10.1 Å². The van der Waals surface area contributed by atoms with Gasteiger partial charge in [0.1, 0.15) is 5.82 Å². The van der Waals surface area contributed by atoms with Crippen LogP contribution in [0, 0.1) is 11.7 Å². The number of rotatable bonds is 3. The number of aliphatic imine (C=N–C) groups is 1. The summed E-state index contributed by atoms with van der Waals surface area (Å²) in [4.78, 5) is 14.8. The van der Waals surface area contributed by atoms with Gasteiger partial charge in [-0.3, -0.25) is 0 Å². The van der Waals surface area contributed by atoms with Crippen LogP contribution in [0.3, 0.4) is 0 Å². The number of hydrogen-bond acceptors (Lipinski definition) is 2. The number of fused-ring (bicyclic) bond motifs is 1. The van der Waals surface area contributed by atoms with E-state index in [1.54, 1.807) is 0 Å². The van der Waals surface area contributed by atoms with Crippen LogP contribution in [0.5, 0.6) is 0 Å². The molecule has 0 radical (unpaired) electrons. The summed E-state index contributed by atoms with van der Waals surface area (Å²) >= 11 is 0. The average molecular weight is 330 g/mol. The molecule has 0 aromatic heterocycles. The van der Waals surface area contributed by atoms with Gasteiger partial charge in [0, 0.05) is 11.3 Å². The van der Waals surface area contributed by atoms with Crippen molar-refractivity contribution in [3.63, 3.8) is 0 Å². The van der Waals surface area contributed by atoms with Crippen LogP contribution >= 0.6 is 0 Å². The van der Waals surface area contributed by atoms with Crippen molar-refractivity contribution in [1.29, 1.82) is 0 Å². The Hall–Kier alpha value is -1.96. The first kappa shape index (κ1) is 15.9. The Morgan fingerprint density at radius 2 is 2.09 bits per heavy atom. The number of halogens is 4. The predicted octanol–water partition coefficient (Wildman–Crippen LogP) is 4.02. The van der Waals surface area contributed by atoms with E-state index in [0.29, 0.717) is 6.21 Å². The van der Waals surface area contributed by atoms with Gasteiger partial charge in [-0.2, -0.15) is 13.2 Å². The van der Waals surface area contributed by atoms with Gasteiger partial charge in [0.05, 0.1) is 12.8 Å². The molecule has 0 saturated heterocycles. The number of alkyl halides is 3. The van der Waals surface area contributed by atoms with Crippen molar-refractivity contribution in [3.8, 4) is 0 Å². The molecule has 1 aromatic rings. The molecule has 3 rings (SSSR count). The molecule has 4 nitrogen and oxygen atoms in total. The molecule has 1 saturated carbocycles. The van der Waals surface area contributed by atoms with E-state index in [4.69, 9.17) is 4.74 Å². The number of carbonyl (C=O) groups excluding carboxylic acids is 1. The highest BCUT2D eigenvalue weighted by Crippen LogP contribution is 2.46. The summed E-state index contributed by atoms with van der Waals surface area (Å²) in [6.07, 6.45) is -1.94. The Labute approximate surface area is 129 Å². The van der Waals surface area contributed by atoms with Crippen molar-refractivity contribution >= 4 is 17.9 Å². The third-order valence-corrected chi connectivity index (χ3v) is 4.18. The molecule has 124 valence electrons. The average Bonchev–Trinajstić information content (AvgIpc) is 2.54. The molecule has 1 aromatic carbocycles. The molecule has 0 bridgehead atoms. The van der Waals surface area contributed by atoms with Gasteiger partial charge in [-0.15, -0.1) is 0 Å². The van der Waals surface area contributed by atoms with E-state index in [-0.39, 0.29) is 18.2 Å². The maximum Gasteiger partial charge on any atom is 0.427 e. The molecule has 23 heavy (non-hydrogen) atoms. The molecule has 0 unspecified atom stereocenters. The van der Waals surface area contributed by atoms with Crippen LogP contribution in [0.4, 0.5) is 28.0 Å². The molecule has 1 heterocycles. The number of benzene rings is 1. The van der Waals surface area contributed by atoms with E-state index < -0.39 is 29.2 Å². The lowest BCUT2D eigenvalue weighted by molar-refractivity contribution is -0.256. The molecule has 1 N–H and O–H groups in total. The van der Waals surface area contributed by atoms with Crippen molar-refractivity contribution in [2.45, 2.75) is 31.0 Å². The predicted molar refractivity (Wildman–Crippen MR) is 74.9 cm³/mol. The van der Waals surface area contributed by atoms with Gasteiger partial charge in [-0.1, -0.05) is 6.42 Å². The van der Waals surface area contributed by atoms with Crippen molar-refractivity contribution in [2.24, 2.45) is 10.9 Å². The number of anilines is 1. The normalized spacial score (nSPS) is 24.6. The maximum atomic E-state index is 13.8. The van der Waals surface area contributed by atoms with Gasteiger partial charge >= 0.3 is 12.2 Å². The van der Waals surface area contributed by atoms with E-state index in [1.165, 1.54) is 0 Å². The largest absolute Gasteiger partial charge is 0.427 e. The fourth-order valence-electron chi connectivity index (χ4n) is 2.63. The molecule has 1 atom stereocenters. The highest BCUT2D eigenvalue weighted by molar-refractivity contribution is 6.00. The van der Waals surface area contributed by atoms with Crippen LogP contribution in [0.1, 0.15) is 24.8 Å². The monoisotopic (exact) mass is 330 g/mol. The zero-order valence-electron chi connectivity index (χ0n) is 12.0. The lowest BCUT2D eigenvalue weighted by Crippen LogP contribution is -2.47. The number of urea groups is 1. The minimum atomic E-state index is -4.89. The van der Waals surface area contributed by atoms with Crippen LogP contribution in [-0.2, 0) is 10.3 Å². The highest BCUT2D eigenvalue weighted by atomic mass is 19.4. The summed E-state index contributed by atoms with van der Waals surface area (Å²) in [6.45, 7) is -0.129. The second kappa shape index (κ2) is 5.59. The smallest absolute Gasteiger partial charge is 0.356 e. The molecule has 2 aliphatic rings. The fourth-order valence-corrected chi connectivity index (χ4v) is 2.63. The Morgan fingerprint density at radius 1 is 1.35 bits per heavy atom. The first-order valence-corrected chi connectivity index (χ1v) is 7.19. The summed E-state index contributed by atoms with van der Waals surface area (Å²) in [6, 6.07) is 1.81. The topological polar surface area (TPSA) is 50.7 Å². The van der Waals surface area contributed by atoms with E-state index in [9.17, 15) is 22.4 Å². The standard InChI is InChI=1S/C15H14F4N2O2/c16-10-4-5-12-11(6-10)14(15(17,18)19,8-20-13(22)21-12)23-7-9-2-1-3-9/h4-6,8-9H,1-3,7H2,(H,21,22)/t14-/m0/s1. The third kappa shape index (κ3) is 2.83. The van der Waals surface area contributed by atoms with E-state index >= 15 is 0 Å². The van der Waals surface area contributed by atoms with Gasteiger partial charge in [0.25, 0.3) is 0 Å². The fraction of sp³-hybridized carbons (Fsp3) is 0.467. The van der Waals surface area contributed by atoms with Gasteiger partial charge in [-0.05, 0) is 37.0 Å². The second-order valence-electron chi connectivity index (χ2n) is 5.72. The van der Waals surface area contributed by atoms with E-state index in [2.05, 4.69) is 10.3 Å². The number of carbonyl (C=O) groups is 1. The molecular weight excluding hydrogens is 316 g/mol. The van der Waals surface area contributed by atoms with Gasteiger partial charge in [-0.25, -0.2) is 14.2 Å². The molecule has 1 aliphatic heterocycles. The number of ether oxygens (including phenoxy) is 1. The number of hydrogen-bond donors (Lipinski definition) is 1. The SMILES string of the molecule is O=C1N=C[C@@](OCC2CCC2)(C(F)(F)F)c2cc(F)ccc2N1. The summed E-state index contributed by atoms with van der Waals surface area (Å²) in [5, 5.41) is 2.21. The Morgan fingerprint density at radius 3 is 2.70 bits per heavy atom. The zero-order valence-corrected chi connectivity index (χ0v) is 12.0. The molecule has 1 aliphatic carbocycles. The number of nitrogens with zero attached hydrogens (tertiary/aromatic N) is 1. The molecule has 0 spiro atoms.